The number of fused-ring (bicyclic) bond motifs is 1. The Morgan fingerprint density at radius 1 is 0.586 bits per heavy atom. The van der Waals surface area contributed by atoms with E-state index in [2.05, 4.69) is 35.3 Å². The van der Waals surface area contributed by atoms with Crippen molar-refractivity contribution in [2.45, 2.75) is 0 Å². The van der Waals surface area contributed by atoms with Gasteiger partial charge < -0.3 is 0 Å². The van der Waals surface area contributed by atoms with E-state index in [1.807, 2.05) is 91.1 Å². The smallest absolute Gasteiger partial charge is 0.295 e. The molecule has 0 aliphatic heterocycles. The minimum absolute atomic E-state index is 0. The fourth-order valence-electron chi connectivity index (χ4n) is 2.85. The van der Waals surface area contributed by atoms with Crippen LogP contribution in [0, 0.1) is 12.1 Å². The first-order chi connectivity index (χ1) is 13.9. The average Bonchev–Trinajstić information content (AvgIpc) is 2.81. The van der Waals surface area contributed by atoms with Crippen molar-refractivity contribution in [1.82, 2.24) is 9.97 Å². The molecular weight excluding hydrogens is 535 g/mol. The number of aromatic nitrogens is 2. The molecule has 0 amide bonds. The van der Waals surface area contributed by atoms with E-state index in [1.54, 1.807) is 0 Å². The van der Waals surface area contributed by atoms with Gasteiger partial charge in [-0.3, -0.25) is 9.97 Å². The molecule has 0 bridgehead atoms. The Balaban J connectivity index is 0.000000297. The van der Waals surface area contributed by atoms with E-state index in [1.165, 1.54) is 5.39 Å². The molecule has 0 saturated carbocycles. The molecule has 0 fully saturated rings. The monoisotopic (exact) mass is 553 g/mol. The van der Waals surface area contributed by atoms with Gasteiger partial charge in [-0.25, -0.2) is 0 Å². The standard InChI is InChI=1S/C20H13N2.C6H5.Pt/c1-2-7-15(8-3-1)18-11-6-12-19(22-18)20-13-16-9-4-5-10-17(16)14-21-20;1-2-4-6-5-3-1;/h1-7,9-14H;1-5H;/q2*-1;+2. The quantitative estimate of drug-likeness (QED) is 0.242. The molecule has 142 valence electrons. The maximum atomic E-state index is 4.73. The van der Waals surface area contributed by atoms with Crippen LogP contribution in [0.2, 0.25) is 0 Å². The van der Waals surface area contributed by atoms with E-state index in [9.17, 15) is 0 Å². The molecule has 3 heteroatoms. The van der Waals surface area contributed by atoms with Gasteiger partial charge in [0.2, 0.25) is 0 Å². The van der Waals surface area contributed by atoms with Crippen molar-refractivity contribution in [3.8, 4) is 22.6 Å². The van der Waals surface area contributed by atoms with E-state index < -0.39 is 0 Å². The first-order valence-electron chi connectivity index (χ1n) is 9.10. The molecule has 2 nitrogen and oxygen atoms in total. The van der Waals surface area contributed by atoms with E-state index in [-0.39, 0.29) is 21.1 Å². The molecule has 0 saturated heterocycles. The van der Waals surface area contributed by atoms with Crippen LogP contribution in [0.5, 0.6) is 0 Å². The van der Waals surface area contributed by atoms with Gasteiger partial charge in [0.05, 0.1) is 11.4 Å². The second-order valence-electron chi connectivity index (χ2n) is 6.18. The van der Waals surface area contributed by atoms with Crippen molar-refractivity contribution < 1.29 is 21.1 Å². The molecule has 5 aromatic rings. The summed E-state index contributed by atoms with van der Waals surface area (Å²) in [6, 6.07) is 39.9. The first-order valence-corrected chi connectivity index (χ1v) is 9.10. The zero-order valence-electron chi connectivity index (χ0n) is 15.6. The maximum Gasteiger partial charge on any atom is 2.00 e. The molecule has 5 rings (SSSR count). The molecule has 0 atom stereocenters. The molecule has 0 aliphatic rings. The van der Waals surface area contributed by atoms with Crippen LogP contribution in [0.25, 0.3) is 33.4 Å². The summed E-state index contributed by atoms with van der Waals surface area (Å²) in [4.78, 5) is 9.27. The van der Waals surface area contributed by atoms with Gasteiger partial charge in [0, 0.05) is 11.6 Å². The number of nitrogens with zero attached hydrogens (tertiary/aromatic N) is 2. The second-order valence-corrected chi connectivity index (χ2v) is 6.18. The number of hydrogen-bond acceptors (Lipinski definition) is 2. The van der Waals surface area contributed by atoms with Gasteiger partial charge >= 0.3 is 21.1 Å². The average molecular weight is 554 g/mol. The maximum absolute atomic E-state index is 4.73. The molecule has 29 heavy (non-hydrogen) atoms. The van der Waals surface area contributed by atoms with Gasteiger partial charge in [0.25, 0.3) is 0 Å². The molecule has 0 aliphatic carbocycles. The second kappa shape index (κ2) is 10.5. The van der Waals surface area contributed by atoms with Crippen LogP contribution in [0.3, 0.4) is 0 Å². The summed E-state index contributed by atoms with van der Waals surface area (Å²) < 4.78 is 0. The molecule has 2 aromatic heterocycles. The van der Waals surface area contributed by atoms with Crippen molar-refractivity contribution >= 4 is 10.8 Å². The van der Waals surface area contributed by atoms with E-state index in [4.69, 9.17) is 4.98 Å². The Morgan fingerprint density at radius 2 is 1.31 bits per heavy atom. The van der Waals surface area contributed by atoms with Crippen molar-refractivity contribution in [2.24, 2.45) is 0 Å². The summed E-state index contributed by atoms with van der Waals surface area (Å²) in [5, 5.41) is 2.31. The number of hydrogen-bond donors (Lipinski definition) is 0. The van der Waals surface area contributed by atoms with Crippen LogP contribution in [-0.4, -0.2) is 9.97 Å². The van der Waals surface area contributed by atoms with Crippen LogP contribution in [0.1, 0.15) is 0 Å². The van der Waals surface area contributed by atoms with E-state index in [0.29, 0.717) is 0 Å². The van der Waals surface area contributed by atoms with Crippen LogP contribution in [-0.2, 0) is 21.1 Å². The minimum atomic E-state index is 0. The fraction of sp³-hybridized carbons (Fsp3) is 0. The first kappa shape index (κ1) is 20.6. The number of pyridine rings is 2. The van der Waals surface area contributed by atoms with Crippen molar-refractivity contribution in [2.75, 3.05) is 0 Å². The summed E-state index contributed by atoms with van der Waals surface area (Å²) >= 11 is 0. The predicted molar refractivity (Wildman–Crippen MR) is 115 cm³/mol. The van der Waals surface area contributed by atoms with Gasteiger partial charge in [-0.15, -0.1) is 35.9 Å². The Bertz CT molecular complexity index is 1130. The van der Waals surface area contributed by atoms with Crippen molar-refractivity contribution in [3.63, 3.8) is 0 Å². The zero-order valence-corrected chi connectivity index (χ0v) is 17.9. The topological polar surface area (TPSA) is 25.8 Å². The van der Waals surface area contributed by atoms with Gasteiger partial charge in [0.1, 0.15) is 0 Å². The van der Waals surface area contributed by atoms with Gasteiger partial charge in [-0.05, 0) is 23.2 Å². The molecule has 2 heterocycles. The van der Waals surface area contributed by atoms with E-state index in [0.717, 1.165) is 28.0 Å². The Labute approximate surface area is 185 Å². The third-order valence-corrected chi connectivity index (χ3v) is 4.23. The van der Waals surface area contributed by atoms with Crippen LogP contribution in [0.4, 0.5) is 0 Å². The molecule has 0 unspecified atom stereocenters. The largest absolute Gasteiger partial charge is 2.00 e. The minimum Gasteiger partial charge on any atom is -0.295 e. The molecule has 0 N–H and O–H groups in total. The molecule has 0 spiro atoms. The molecular formula is C26H18N2Pt. The summed E-state index contributed by atoms with van der Waals surface area (Å²) in [7, 11) is 0. The summed E-state index contributed by atoms with van der Waals surface area (Å²) in [6.07, 6.45) is 1.90. The van der Waals surface area contributed by atoms with Crippen molar-refractivity contribution in [1.29, 1.82) is 0 Å². The molecule has 0 radical (unpaired) electrons. The number of benzene rings is 3. The zero-order chi connectivity index (χ0) is 19.0. The Kier molecular flexibility index (Phi) is 7.44. The Morgan fingerprint density at radius 3 is 2.00 bits per heavy atom. The van der Waals surface area contributed by atoms with Crippen LogP contribution in [0.15, 0.2) is 109 Å². The van der Waals surface area contributed by atoms with Gasteiger partial charge in [-0.2, -0.15) is 36.4 Å². The third kappa shape index (κ3) is 5.46. The fourth-order valence-corrected chi connectivity index (χ4v) is 2.85. The van der Waals surface area contributed by atoms with E-state index >= 15 is 0 Å². The summed E-state index contributed by atoms with van der Waals surface area (Å²) in [5.74, 6) is 0. The third-order valence-electron chi connectivity index (χ3n) is 4.23. The summed E-state index contributed by atoms with van der Waals surface area (Å²) in [5.41, 5.74) is 3.66. The SMILES string of the molecule is [Pt+2].[c-]1ccccc1.[c-]1ccccc1-c1cccc(-c2cc3ccccc3cn2)n1. The number of rotatable bonds is 2. The van der Waals surface area contributed by atoms with Gasteiger partial charge in [0.15, 0.2) is 0 Å². The van der Waals surface area contributed by atoms with Crippen LogP contribution >= 0.6 is 0 Å². The normalized spacial score (nSPS) is 9.79. The predicted octanol–water partition coefficient (Wildman–Crippen LogP) is 6.25. The molecule has 3 aromatic carbocycles. The van der Waals surface area contributed by atoms with Gasteiger partial charge in [-0.1, -0.05) is 36.4 Å². The summed E-state index contributed by atoms with van der Waals surface area (Å²) in [6.45, 7) is 0. The van der Waals surface area contributed by atoms with Crippen LogP contribution < -0.4 is 0 Å². The Hall–Kier alpha value is -3.09. The van der Waals surface area contributed by atoms with Crippen molar-refractivity contribution in [3.05, 3.63) is 121 Å².